The molecule has 2 aromatic rings. The molecule has 2 aromatic carbocycles. The first-order chi connectivity index (χ1) is 10.2. The molecule has 0 nitrogen and oxygen atoms in total. The highest BCUT2D eigenvalue weighted by Crippen LogP contribution is 2.52. The molecule has 0 N–H and O–H groups in total. The Bertz CT molecular complexity index is 707. The third-order valence-electron chi connectivity index (χ3n) is 4.39. The molecule has 0 saturated carbocycles. The Morgan fingerprint density at radius 3 is 1.62 bits per heavy atom. The Labute approximate surface area is 134 Å². The molecule has 2 bridgehead atoms. The molecule has 2 atom stereocenters. The van der Waals surface area contributed by atoms with Crippen LogP contribution in [0.2, 0.25) is 10.0 Å². The second-order valence-corrected chi connectivity index (χ2v) is 6.55. The molecular weight excluding hydrogens is 299 g/mol. The molecule has 0 unspecified atom stereocenters. The van der Waals surface area contributed by atoms with E-state index in [1.807, 2.05) is 24.3 Å². The van der Waals surface area contributed by atoms with Crippen molar-refractivity contribution in [2.75, 3.05) is 0 Å². The predicted molar refractivity (Wildman–Crippen MR) is 90.5 cm³/mol. The molecular formula is C19H14Cl2. The van der Waals surface area contributed by atoms with Gasteiger partial charge in [0.25, 0.3) is 0 Å². The van der Waals surface area contributed by atoms with Crippen molar-refractivity contribution in [3.63, 3.8) is 0 Å². The molecule has 0 aliphatic heterocycles. The Morgan fingerprint density at radius 2 is 1.19 bits per heavy atom. The van der Waals surface area contributed by atoms with Crippen LogP contribution in [0.25, 0.3) is 11.1 Å². The monoisotopic (exact) mass is 312 g/mol. The van der Waals surface area contributed by atoms with Crippen molar-refractivity contribution < 1.29 is 0 Å². The lowest BCUT2D eigenvalue weighted by molar-refractivity contribution is 0.746. The Morgan fingerprint density at radius 1 is 0.714 bits per heavy atom. The van der Waals surface area contributed by atoms with Gasteiger partial charge in [-0.25, -0.2) is 0 Å². The van der Waals surface area contributed by atoms with Gasteiger partial charge in [0.2, 0.25) is 0 Å². The minimum atomic E-state index is 0.502. The average molecular weight is 313 g/mol. The van der Waals surface area contributed by atoms with Gasteiger partial charge in [0.05, 0.1) is 0 Å². The molecule has 2 aliphatic rings. The van der Waals surface area contributed by atoms with Crippen LogP contribution in [-0.2, 0) is 0 Å². The fourth-order valence-corrected chi connectivity index (χ4v) is 3.96. The summed E-state index contributed by atoms with van der Waals surface area (Å²) in [5, 5.41) is 1.58. The summed E-state index contributed by atoms with van der Waals surface area (Å²) in [6, 6.07) is 16.3. The Kier molecular flexibility index (Phi) is 3.17. The zero-order valence-electron chi connectivity index (χ0n) is 11.4. The number of hydrogen-bond donors (Lipinski definition) is 0. The molecule has 0 aromatic heterocycles. The Balaban J connectivity index is 1.92. The van der Waals surface area contributed by atoms with E-state index < -0.39 is 0 Å². The van der Waals surface area contributed by atoms with Gasteiger partial charge in [0.1, 0.15) is 0 Å². The summed E-state index contributed by atoms with van der Waals surface area (Å²) in [5.74, 6) is 1.00. The van der Waals surface area contributed by atoms with E-state index in [0.29, 0.717) is 11.8 Å². The quantitative estimate of drug-likeness (QED) is 0.587. The summed E-state index contributed by atoms with van der Waals surface area (Å²) in [6.45, 7) is 0. The topological polar surface area (TPSA) is 0 Å². The molecule has 0 saturated heterocycles. The van der Waals surface area contributed by atoms with Gasteiger partial charge in [-0.15, -0.1) is 0 Å². The van der Waals surface area contributed by atoms with Gasteiger partial charge in [-0.1, -0.05) is 59.6 Å². The number of allylic oxidation sites excluding steroid dienone is 4. The summed E-state index contributed by atoms with van der Waals surface area (Å²) in [7, 11) is 0. The van der Waals surface area contributed by atoms with Gasteiger partial charge in [-0.05, 0) is 53.0 Å². The number of halogens is 2. The van der Waals surface area contributed by atoms with E-state index in [1.165, 1.54) is 28.7 Å². The van der Waals surface area contributed by atoms with E-state index in [4.69, 9.17) is 23.2 Å². The summed E-state index contributed by atoms with van der Waals surface area (Å²) >= 11 is 12.4. The van der Waals surface area contributed by atoms with Crippen LogP contribution >= 0.6 is 23.2 Å². The molecule has 0 radical (unpaired) electrons. The maximum absolute atomic E-state index is 6.18. The maximum atomic E-state index is 6.18. The van der Waals surface area contributed by atoms with Crippen molar-refractivity contribution in [2.45, 2.75) is 6.42 Å². The number of rotatable bonds is 2. The first-order valence-corrected chi connectivity index (χ1v) is 7.92. The van der Waals surface area contributed by atoms with E-state index in [-0.39, 0.29) is 0 Å². The molecule has 4 rings (SSSR count). The lowest BCUT2D eigenvalue weighted by Gasteiger charge is -2.17. The van der Waals surface area contributed by atoms with Crippen LogP contribution in [0.5, 0.6) is 0 Å². The first kappa shape index (κ1) is 13.2. The van der Waals surface area contributed by atoms with Crippen molar-refractivity contribution >= 4 is 34.3 Å². The number of fused-ring (bicyclic) bond motifs is 2. The van der Waals surface area contributed by atoms with E-state index in [2.05, 4.69) is 36.4 Å². The van der Waals surface area contributed by atoms with E-state index in [9.17, 15) is 0 Å². The fourth-order valence-electron chi connectivity index (χ4n) is 3.58. The zero-order valence-corrected chi connectivity index (χ0v) is 12.9. The minimum absolute atomic E-state index is 0.502. The zero-order chi connectivity index (χ0) is 14.4. The van der Waals surface area contributed by atoms with Crippen molar-refractivity contribution in [2.24, 2.45) is 11.8 Å². The molecule has 2 heteroatoms. The summed E-state index contributed by atoms with van der Waals surface area (Å²) in [5.41, 5.74) is 5.28. The first-order valence-electron chi connectivity index (χ1n) is 7.16. The normalized spacial score (nSPS) is 23.1. The second-order valence-electron chi connectivity index (χ2n) is 5.68. The molecule has 2 aliphatic carbocycles. The molecule has 21 heavy (non-hydrogen) atoms. The fraction of sp³-hybridized carbons (Fsp3) is 0.158. The van der Waals surface area contributed by atoms with E-state index in [0.717, 1.165) is 10.0 Å². The van der Waals surface area contributed by atoms with Crippen LogP contribution in [0.4, 0.5) is 0 Å². The molecule has 0 spiro atoms. The van der Waals surface area contributed by atoms with Gasteiger partial charge >= 0.3 is 0 Å². The van der Waals surface area contributed by atoms with Crippen molar-refractivity contribution in [1.29, 1.82) is 0 Å². The van der Waals surface area contributed by atoms with Gasteiger partial charge < -0.3 is 0 Å². The number of hydrogen-bond acceptors (Lipinski definition) is 0. The average Bonchev–Trinajstić information content (AvgIpc) is 3.08. The van der Waals surface area contributed by atoms with Crippen molar-refractivity contribution in [3.05, 3.63) is 81.9 Å². The Hall–Kier alpha value is -1.50. The molecule has 104 valence electrons. The van der Waals surface area contributed by atoms with Crippen LogP contribution in [0.3, 0.4) is 0 Å². The molecule has 0 heterocycles. The van der Waals surface area contributed by atoms with Gasteiger partial charge in [0, 0.05) is 21.9 Å². The highest BCUT2D eigenvalue weighted by molar-refractivity contribution is 6.31. The van der Waals surface area contributed by atoms with Gasteiger partial charge in [-0.2, -0.15) is 0 Å². The van der Waals surface area contributed by atoms with Crippen LogP contribution in [0.1, 0.15) is 17.5 Å². The third kappa shape index (κ3) is 2.23. The largest absolute Gasteiger partial charge is 0.0843 e. The van der Waals surface area contributed by atoms with E-state index >= 15 is 0 Å². The summed E-state index contributed by atoms with van der Waals surface area (Å²) < 4.78 is 0. The van der Waals surface area contributed by atoms with Crippen LogP contribution in [0.15, 0.2) is 60.7 Å². The third-order valence-corrected chi connectivity index (χ3v) is 4.86. The lowest BCUT2D eigenvalue weighted by atomic mass is 9.87. The minimum Gasteiger partial charge on any atom is -0.0843 e. The second kappa shape index (κ2) is 5.05. The molecule has 0 amide bonds. The standard InChI is InChI=1S/C19H14Cl2/c20-16-5-1-3-12(10-16)18-14-7-8-15(9-14)19(18)13-4-2-6-17(21)11-13/h1-8,10-11,14-15H,9H2/t14-,15+. The molecule has 0 fully saturated rings. The SMILES string of the molecule is Clc1cccc(C2=C(c3cccc(Cl)c3)[C@H]3C=C[C@@H]2C3)c1. The predicted octanol–water partition coefficient (Wildman–Crippen LogP) is 6.11. The van der Waals surface area contributed by atoms with Crippen LogP contribution in [-0.4, -0.2) is 0 Å². The van der Waals surface area contributed by atoms with E-state index in [1.54, 1.807) is 0 Å². The van der Waals surface area contributed by atoms with Crippen molar-refractivity contribution in [3.8, 4) is 0 Å². The smallest absolute Gasteiger partial charge is 0.0412 e. The highest BCUT2D eigenvalue weighted by Gasteiger charge is 2.36. The van der Waals surface area contributed by atoms with Crippen LogP contribution in [0, 0.1) is 11.8 Å². The van der Waals surface area contributed by atoms with Gasteiger partial charge in [0.15, 0.2) is 0 Å². The number of benzene rings is 2. The van der Waals surface area contributed by atoms with Gasteiger partial charge in [-0.3, -0.25) is 0 Å². The van der Waals surface area contributed by atoms with Crippen LogP contribution < -0.4 is 0 Å². The highest BCUT2D eigenvalue weighted by atomic mass is 35.5. The summed E-state index contributed by atoms with van der Waals surface area (Å²) in [6.07, 6.45) is 5.83. The summed E-state index contributed by atoms with van der Waals surface area (Å²) in [4.78, 5) is 0. The van der Waals surface area contributed by atoms with Crippen molar-refractivity contribution in [1.82, 2.24) is 0 Å². The maximum Gasteiger partial charge on any atom is 0.0412 e. The lowest BCUT2D eigenvalue weighted by Crippen LogP contribution is -1.98.